The molecule has 0 spiro atoms. The number of rotatable bonds is 7. The number of anilines is 1. The zero-order chi connectivity index (χ0) is 17.5. The fourth-order valence-corrected chi connectivity index (χ4v) is 3.17. The fraction of sp³-hybridized carbons (Fsp3) is 0.500. The van der Waals surface area contributed by atoms with Crippen LogP contribution in [0.1, 0.15) is 30.0 Å². The number of nitrogens with one attached hydrogen (secondary N) is 3. The summed E-state index contributed by atoms with van der Waals surface area (Å²) in [5, 5.41) is 13.9. The van der Waals surface area contributed by atoms with Crippen molar-refractivity contribution in [3.05, 3.63) is 41.9 Å². The number of piperidine rings is 1. The van der Waals surface area contributed by atoms with Crippen molar-refractivity contribution in [2.45, 2.75) is 32.2 Å². The van der Waals surface area contributed by atoms with Crippen molar-refractivity contribution < 1.29 is 4.79 Å². The SMILES string of the molecule is Cc1cccnc1NCCNC(=O)Cn1nccc1C1CCCNC1.Cl.Cl. The van der Waals surface area contributed by atoms with E-state index < -0.39 is 0 Å². The third-order valence-electron chi connectivity index (χ3n) is 4.51. The van der Waals surface area contributed by atoms with Crippen LogP contribution in [-0.4, -0.2) is 46.9 Å². The van der Waals surface area contributed by atoms with Crippen LogP contribution in [0.25, 0.3) is 0 Å². The lowest BCUT2D eigenvalue weighted by atomic mass is 9.96. The largest absolute Gasteiger partial charge is 0.368 e. The van der Waals surface area contributed by atoms with Crippen LogP contribution in [0.15, 0.2) is 30.6 Å². The Kier molecular flexibility index (Phi) is 10.1. The molecule has 150 valence electrons. The molecule has 0 aromatic carbocycles. The highest BCUT2D eigenvalue weighted by Gasteiger charge is 2.19. The molecule has 3 N–H and O–H groups in total. The molecule has 0 aliphatic carbocycles. The van der Waals surface area contributed by atoms with E-state index >= 15 is 0 Å². The third-order valence-corrected chi connectivity index (χ3v) is 4.51. The first-order chi connectivity index (χ1) is 12.2. The highest BCUT2D eigenvalue weighted by molar-refractivity contribution is 5.85. The quantitative estimate of drug-likeness (QED) is 0.604. The Balaban J connectivity index is 0.00000182. The molecule has 0 saturated carbocycles. The molecule has 2 aromatic rings. The monoisotopic (exact) mass is 414 g/mol. The zero-order valence-corrected chi connectivity index (χ0v) is 17.1. The predicted octanol–water partition coefficient (Wildman–Crippen LogP) is 2.13. The maximum atomic E-state index is 12.2. The Hall–Kier alpha value is -1.83. The van der Waals surface area contributed by atoms with Gasteiger partial charge in [-0.25, -0.2) is 4.98 Å². The van der Waals surface area contributed by atoms with Crippen molar-refractivity contribution in [3.63, 3.8) is 0 Å². The highest BCUT2D eigenvalue weighted by Crippen LogP contribution is 2.22. The van der Waals surface area contributed by atoms with E-state index in [1.54, 1.807) is 12.4 Å². The van der Waals surface area contributed by atoms with Crippen molar-refractivity contribution in [3.8, 4) is 0 Å². The molecule has 27 heavy (non-hydrogen) atoms. The van der Waals surface area contributed by atoms with Crippen molar-refractivity contribution in [2.24, 2.45) is 0 Å². The van der Waals surface area contributed by atoms with Gasteiger partial charge in [0, 0.05) is 43.6 Å². The van der Waals surface area contributed by atoms with Crippen molar-refractivity contribution in [2.75, 3.05) is 31.5 Å². The van der Waals surface area contributed by atoms with Gasteiger partial charge in [0.1, 0.15) is 12.4 Å². The molecule has 3 heterocycles. The standard InChI is InChI=1S/C18H26N6O.2ClH/c1-14-4-2-8-21-18(14)22-11-10-20-17(25)13-24-16(6-9-23-24)15-5-3-7-19-12-15;;/h2,4,6,8-9,15,19H,3,5,7,10-13H2,1H3,(H,20,25)(H,21,22);2*1H. The van der Waals surface area contributed by atoms with E-state index in [4.69, 9.17) is 0 Å². The van der Waals surface area contributed by atoms with Crippen LogP contribution in [0.3, 0.4) is 0 Å². The molecule has 1 unspecified atom stereocenters. The molecular formula is C18H28Cl2N6O. The van der Waals surface area contributed by atoms with Gasteiger partial charge in [0.2, 0.25) is 5.91 Å². The van der Waals surface area contributed by atoms with Gasteiger partial charge in [-0.15, -0.1) is 24.8 Å². The topological polar surface area (TPSA) is 83.9 Å². The number of pyridine rings is 1. The Bertz CT molecular complexity index is 703. The Morgan fingerprint density at radius 2 is 2.15 bits per heavy atom. The van der Waals surface area contributed by atoms with Crippen molar-refractivity contribution in [1.82, 2.24) is 25.4 Å². The van der Waals surface area contributed by atoms with E-state index in [1.165, 1.54) is 6.42 Å². The summed E-state index contributed by atoms with van der Waals surface area (Å²) in [7, 11) is 0. The van der Waals surface area contributed by atoms with Gasteiger partial charge < -0.3 is 16.0 Å². The van der Waals surface area contributed by atoms with Crippen LogP contribution < -0.4 is 16.0 Å². The van der Waals surface area contributed by atoms with Gasteiger partial charge in [0.05, 0.1) is 0 Å². The Labute approximate surface area is 172 Å². The molecule has 0 bridgehead atoms. The second-order valence-corrected chi connectivity index (χ2v) is 6.40. The first-order valence-corrected chi connectivity index (χ1v) is 8.88. The maximum absolute atomic E-state index is 12.2. The van der Waals surface area contributed by atoms with E-state index in [0.29, 0.717) is 19.0 Å². The lowest BCUT2D eigenvalue weighted by Crippen LogP contribution is -2.34. The minimum Gasteiger partial charge on any atom is -0.368 e. The number of carbonyl (C=O) groups is 1. The van der Waals surface area contributed by atoms with E-state index in [9.17, 15) is 4.79 Å². The van der Waals surface area contributed by atoms with Crippen LogP contribution in [0.4, 0.5) is 5.82 Å². The van der Waals surface area contributed by atoms with Gasteiger partial charge in [-0.3, -0.25) is 9.48 Å². The summed E-state index contributed by atoms with van der Waals surface area (Å²) in [6.07, 6.45) is 5.85. The van der Waals surface area contributed by atoms with E-state index in [-0.39, 0.29) is 37.3 Å². The number of halogens is 2. The summed E-state index contributed by atoms with van der Waals surface area (Å²) in [5.74, 6) is 1.28. The summed E-state index contributed by atoms with van der Waals surface area (Å²) in [4.78, 5) is 16.5. The number of amides is 1. The fourth-order valence-electron chi connectivity index (χ4n) is 3.17. The summed E-state index contributed by atoms with van der Waals surface area (Å²) in [6.45, 7) is 5.50. The average molecular weight is 415 g/mol. The molecular weight excluding hydrogens is 387 g/mol. The lowest BCUT2D eigenvalue weighted by Gasteiger charge is -2.23. The molecule has 3 rings (SSSR count). The van der Waals surface area contributed by atoms with Crippen LogP contribution in [-0.2, 0) is 11.3 Å². The molecule has 1 fully saturated rings. The van der Waals surface area contributed by atoms with Gasteiger partial charge in [0.25, 0.3) is 0 Å². The summed E-state index contributed by atoms with van der Waals surface area (Å²) in [6, 6.07) is 5.94. The van der Waals surface area contributed by atoms with Gasteiger partial charge in [-0.05, 0) is 44.0 Å². The highest BCUT2D eigenvalue weighted by atomic mass is 35.5. The molecule has 9 heteroatoms. The third kappa shape index (κ3) is 6.68. The first-order valence-electron chi connectivity index (χ1n) is 8.88. The van der Waals surface area contributed by atoms with Crippen LogP contribution >= 0.6 is 24.8 Å². The predicted molar refractivity (Wildman–Crippen MR) is 112 cm³/mol. The summed E-state index contributed by atoms with van der Waals surface area (Å²) >= 11 is 0. The zero-order valence-electron chi connectivity index (χ0n) is 15.5. The second kappa shape index (κ2) is 11.8. The maximum Gasteiger partial charge on any atom is 0.241 e. The van der Waals surface area contributed by atoms with Crippen LogP contribution in [0.5, 0.6) is 0 Å². The lowest BCUT2D eigenvalue weighted by molar-refractivity contribution is -0.121. The smallest absolute Gasteiger partial charge is 0.241 e. The van der Waals surface area contributed by atoms with Gasteiger partial charge >= 0.3 is 0 Å². The van der Waals surface area contributed by atoms with E-state index in [1.807, 2.05) is 29.8 Å². The molecule has 1 aliphatic heterocycles. The number of hydrogen-bond donors (Lipinski definition) is 3. The van der Waals surface area contributed by atoms with Crippen LogP contribution in [0, 0.1) is 6.92 Å². The normalized spacial score (nSPS) is 16.0. The molecule has 1 aliphatic rings. The molecule has 1 amide bonds. The number of hydrogen-bond acceptors (Lipinski definition) is 5. The second-order valence-electron chi connectivity index (χ2n) is 6.40. The van der Waals surface area contributed by atoms with Crippen molar-refractivity contribution >= 4 is 36.5 Å². The first kappa shape index (κ1) is 23.2. The van der Waals surface area contributed by atoms with Gasteiger partial charge in [-0.1, -0.05) is 6.07 Å². The van der Waals surface area contributed by atoms with Gasteiger partial charge in [0.15, 0.2) is 0 Å². The number of nitrogens with zero attached hydrogens (tertiary/aromatic N) is 3. The average Bonchev–Trinajstić information content (AvgIpc) is 3.09. The molecule has 1 saturated heterocycles. The molecule has 0 radical (unpaired) electrons. The molecule has 7 nitrogen and oxygen atoms in total. The number of aromatic nitrogens is 3. The number of aryl methyl sites for hydroxylation is 1. The molecule has 2 aromatic heterocycles. The number of carbonyl (C=O) groups excluding carboxylic acids is 1. The Morgan fingerprint density at radius 1 is 1.30 bits per heavy atom. The Morgan fingerprint density at radius 3 is 2.89 bits per heavy atom. The van der Waals surface area contributed by atoms with E-state index in [2.05, 4.69) is 26.0 Å². The van der Waals surface area contributed by atoms with E-state index in [0.717, 1.165) is 36.6 Å². The minimum atomic E-state index is -0.0201. The van der Waals surface area contributed by atoms with Crippen molar-refractivity contribution in [1.29, 1.82) is 0 Å². The minimum absolute atomic E-state index is 0. The van der Waals surface area contributed by atoms with Crippen LogP contribution in [0.2, 0.25) is 0 Å². The summed E-state index contributed by atoms with van der Waals surface area (Å²) < 4.78 is 1.82. The van der Waals surface area contributed by atoms with Gasteiger partial charge in [-0.2, -0.15) is 5.10 Å². The molecule has 1 atom stereocenters. The summed E-state index contributed by atoms with van der Waals surface area (Å²) in [5.41, 5.74) is 2.24.